The standard InChI is InChI=1S/C30H42N2O5/c1-17(2)13-25(34)32(16-18-9-10-19-14-22(18)30(19,3)4)23-15-21(29(36)31-11-12-33)26-20-7-5-6-8-24(20)37-28(26)27(23)35/h5-8,15,17-19,22-23,26-28,33,35H,9-14,16H2,1-4H3,(H,31,36). The van der Waals surface area contributed by atoms with Crippen LogP contribution < -0.4 is 10.1 Å². The van der Waals surface area contributed by atoms with Crippen molar-refractivity contribution in [1.82, 2.24) is 10.2 Å². The molecule has 2 bridgehead atoms. The van der Waals surface area contributed by atoms with E-state index in [0.29, 0.717) is 36.1 Å². The Labute approximate surface area is 220 Å². The molecule has 1 heterocycles. The van der Waals surface area contributed by atoms with Crippen molar-refractivity contribution in [2.24, 2.45) is 29.1 Å². The largest absolute Gasteiger partial charge is 0.486 e. The molecule has 202 valence electrons. The highest BCUT2D eigenvalue weighted by Gasteiger charge is 2.56. The summed E-state index contributed by atoms with van der Waals surface area (Å²) >= 11 is 0. The number of para-hydroxylation sites is 1. The van der Waals surface area contributed by atoms with Crippen LogP contribution >= 0.6 is 0 Å². The molecule has 7 heteroatoms. The van der Waals surface area contributed by atoms with Gasteiger partial charge in [0.2, 0.25) is 11.8 Å². The summed E-state index contributed by atoms with van der Waals surface area (Å²) in [5, 5.41) is 23.8. The topological polar surface area (TPSA) is 99.1 Å². The van der Waals surface area contributed by atoms with Gasteiger partial charge >= 0.3 is 0 Å². The predicted octanol–water partition coefficient (Wildman–Crippen LogP) is 3.26. The van der Waals surface area contributed by atoms with Gasteiger partial charge in [0.25, 0.3) is 0 Å². The van der Waals surface area contributed by atoms with Gasteiger partial charge in [0.15, 0.2) is 0 Å². The fourth-order valence-electron chi connectivity index (χ4n) is 7.48. The highest BCUT2D eigenvalue weighted by molar-refractivity contribution is 5.96. The van der Waals surface area contributed by atoms with Crippen molar-refractivity contribution < 1.29 is 24.5 Å². The van der Waals surface area contributed by atoms with E-state index < -0.39 is 24.2 Å². The number of nitrogens with zero attached hydrogens (tertiary/aromatic N) is 1. The number of hydrogen-bond acceptors (Lipinski definition) is 5. The fourth-order valence-corrected chi connectivity index (χ4v) is 7.48. The summed E-state index contributed by atoms with van der Waals surface area (Å²) in [6.07, 6.45) is 4.06. The molecule has 7 unspecified atom stereocenters. The summed E-state index contributed by atoms with van der Waals surface area (Å²) < 4.78 is 6.24. The second-order valence-electron chi connectivity index (χ2n) is 12.5. The zero-order valence-electron chi connectivity index (χ0n) is 22.5. The van der Waals surface area contributed by atoms with E-state index in [-0.39, 0.29) is 36.3 Å². The van der Waals surface area contributed by atoms with Crippen LogP contribution in [0.4, 0.5) is 0 Å². The third-order valence-corrected chi connectivity index (χ3v) is 9.57. The molecule has 0 spiro atoms. The molecule has 1 aliphatic heterocycles. The molecule has 3 fully saturated rings. The molecule has 1 aromatic carbocycles. The highest BCUT2D eigenvalue weighted by Crippen LogP contribution is 2.61. The van der Waals surface area contributed by atoms with Crippen LogP contribution in [-0.4, -0.2) is 64.9 Å². The average Bonchev–Trinajstić information content (AvgIpc) is 3.26. The molecule has 5 aliphatic rings. The number of hydrogen-bond donors (Lipinski definition) is 3. The van der Waals surface area contributed by atoms with Gasteiger partial charge in [-0.05, 0) is 60.5 Å². The molecule has 3 saturated carbocycles. The number of amides is 2. The molecule has 7 atom stereocenters. The minimum atomic E-state index is -0.964. The van der Waals surface area contributed by atoms with Crippen LogP contribution in [0.5, 0.6) is 5.75 Å². The Hall–Kier alpha value is -2.38. The first kappa shape index (κ1) is 26.2. The molecule has 4 aliphatic carbocycles. The van der Waals surface area contributed by atoms with Gasteiger partial charge in [0, 0.05) is 30.6 Å². The molecular weight excluding hydrogens is 468 g/mol. The lowest BCUT2D eigenvalue weighted by Crippen LogP contribution is -2.59. The summed E-state index contributed by atoms with van der Waals surface area (Å²) in [4.78, 5) is 28.9. The van der Waals surface area contributed by atoms with E-state index in [1.807, 2.05) is 43.0 Å². The van der Waals surface area contributed by atoms with Gasteiger partial charge in [-0.25, -0.2) is 0 Å². The first-order valence-electron chi connectivity index (χ1n) is 14.0. The number of fused-ring (bicyclic) bond motifs is 5. The van der Waals surface area contributed by atoms with E-state index in [4.69, 9.17) is 4.74 Å². The van der Waals surface area contributed by atoms with Crippen molar-refractivity contribution in [2.75, 3.05) is 19.7 Å². The number of rotatable bonds is 8. The van der Waals surface area contributed by atoms with Crippen LogP contribution in [-0.2, 0) is 9.59 Å². The summed E-state index contributed by atoms with van der Waals surface area (Å²) in [5.41, 5.74) is 1.64. The Kier molecular flexibility index (Phi) is 7.14. The van der Waals surface area contributed by atoms with Gasteiger partial charge in [0.1, 0.15) is 18.0 Å². The first-order chi connectivity index (χ1) is 17.6. The second kappa shape index (κ2) is 10.1. The van der Waals surface area contributed by atoms with Crippen LogP contribution in [0.15, 0.2) is 35.9 Å². The van der Waals surface area contributed by atoms with E-state index in [0.717, 1.165) is 17.9 Å². The fraction of sp³-hybridized carbons (Fsp3) is 0.667. The van der Waals surface area contributed by atoms with Crippen molar-refractivity contribution in [2.45, 2.75) is 77.5 Å². The minimum Gasteiger partial charge on any atom is -0.486 e. The SMILES string of the molecule is CC(C)CC(=O)N(CC1CCC2CC1C2(C)C)C1C=C(C(=O)NCCO)C2c3ccccc3OC2C1O. The molecule has 3 N–H and O–H groups in total. The third-order valence-electron chi connectivity index (χ3n) is 9.57. The molecule has 1 aromatic rings. The van der Waals surface area contributed by atoms with Gasteiger partial charge in [-0.1, -0.05) is 45.9 Å². The third kappa shape index (κ3) is 4.59. The number of carbonyl (C=O) groups excluding carboxylic acids is 2. The maximum Gasteiger partial charge on any atom is 0.247 e. The molecule has 2 amide bonds. The van der Waals surface area contributed by atoms with Crippen LogP contribution in [0.25, 0.3) is 0 Å². The van der Waals surface area contributed by atoms with Gasteiger partial charge in [-0.2, -0.15) is 0 Å². The number of nitrogens with one attached hydrogen (secondary N) is 1. The summed E-state index contributed by atoms with van der Waals surface area (Å²) in [5.74, 6) is 1.85. The Morgan fingerprint density at radius 2 is 1.97 bits per heavy atom. The normalized spacial score (nSPS) is 32.9. The Bertz CT molecular complexity index is 1060. The van der Waals surface area contributed by atoms with Gasteiger partial charge in [-0.3, -0.25) is 9.59 Å². The number of aliphatic hydroxyl groups is 2. The van der Waals surface area contributed by atoms with E-state index in [1.165, 1.54) is 12.8 Å². The summed E-state index contributed by atoms with van der Waals surface area (Å²) in [7, 11) is 0. The quantitative estimate of drug-likeness (QED) is 0.499. The maximum absolute atomic E-state index is 13.7. The Balaban J connectivity index is 1.51. The minimum absolute atomic E-state index is 0.0126. The predicted molar refractivity (Wildman–Crippen MR) is 141 cm³/mol. The molecular formula is C30H42N2O5. The van der Waals surface area contributed by atoms with E-state index in [1.54, 1.807) is 6.08 Å². The van der Waals surface area contributed by atoms with Gasteiger partial charge < -0.3 is 25.2 Å². The number of aliphatic hydroxyl groups excluding tert-OH is 2. The van der Waals surface area contributed by atoms with Crippen molar-refractivity contribution in [1.29, 1.82) is 0 Å². The average molecular weight is 511 g/mol. The van der Waals surface area contributed by atoms with Crippen molar-refractivity contribution >= 4 is 11.8 Å². The first-order valence-corrected chi connectivity index (χ1v) is 14.0. The lowest BCUT2D eigenvalue weighted by Gasteiger charge is -2.61. The zero-order chi connectivity index (χ0) is 26.5. The molecule has 0 aromatic heterocycles. The second-order valence-corrected chi connectivity index (χ2v) is 12.5. The van der Waals surface area contributed by atoms with Crippen LogP contribution in [0.2, 0.25) is 0 Å². The highest BCUT2D eigenvalue weighted by atomic mass is 16.5. The molecule has 7 nitrogen and oxygen atoms in total. The van der Waals surface area contributed by atoms with Crippen LogP contribution in [0.1, 0.15) is 64.9 Å². The monoisotopic (exact) mass is 510 g/mol. The zero-order valence-corrected chi connectivity index (χ0v) is 22.5. The maximum atomic E-state index is 13.7. The summed E-state index contributed by atoms with van der Waals surface area (Å²) in [6, 6.07) is 6.92. The number of benzene rings is 1. The molecule has 37 heavy (non-hydrogen) atoms. The van der Waals surface area contributed by atoms with Crippen molar-refractivity contribution in [3.05, 3.63) is 41.5 Å². The van der Waals surface area contributed by atoms with Gasteiger partial charge in [0.05, 0.1) is 18.6 Å². The smallest absolute Gasteiger partial charge is 0.247 e. The van der Waals surface area contributed by atoms with E-state index in [2.05, 4.69) is 19.2 Å². The van der Waals surface area contributed by atoms with Gasteiger partial charge in [-0.15, -0.1) is 0 Å². The van der Waals surface area contributed by atoms with Crippen molar-refractivity contribution in [3.8, 4) is 5.75 Å². The number of ether oxygens (including phenoxy) is 1. The number of carbonyl (C=O) groups is 2. The van der Waals surface area contributed by atoms with Crippen LogP contribution in [0, 0.1) is 29.1 Å². The van der Waals surface area contributed by atoms with E-state index in [9.17, 15) is 19.8 Å². The summed E-state index contributed by atoms with van der Waals surface area (Å²) in [6.45, 7) is 9.33. The lowest BCUT2D eigenvalue weighted by molar-refractivity contribution is -0.147. The molecule has 6 rings (SSSR count). The molecule has 0 radical (unpaired) electrons. The van der Waals surface area contributed by atoms with Crippen LogP contribution in [0.3, 0.4) is 0 Å². The van der Waals surface area contributed by atoms with E-state index >= 15 is 0 Å². The molecule has 0 saturated heterocycles. The lowest BCUT2D eigenvalue weighted by atomic mass is 9.45. The Morgan fingerprint density at radius 1 is 1.22 bits per heavy atom. The van der Waals surface area contributed by atoms with Crippen molar-refractivity contribution in [3.63, 3.8) is 0 Å². The Morgan fingerprint density at radius 3 is 2.65 bits per heavy atom.